The van der Waals surface area contributed by atoms with Crippen LogP contribution in [0.3, 0.4) is 0 Å². The Labute approximate surface area is 104 Å². The lowest BCUT2D eigenvalue weighted by atomic mass is 10.2. The Hall–Kier alpha value is -1.35. The van der Waals surface area contributed by atoms with E-state index in [1.807, 2.05) is 13.1 Å². The molecule has 1 aliphatic carbocycles. The van der Waals surface area contributed by atoms with Crippen LogP contribution in [-0.4, -0.2) is 24.6 Å². The molecule has 0 atom stereocenters. The summed E-state index contributed by atoms with van der Waals surface area (Å²) in [5.74, 6) is 1.02. The molecule has 0 spiro atoms. The number of nitrogens with zero attached hydrogens (tertiary/aromatic N) is 2. The molecule has 1 heterocycles. The molecule has 2 rings (SSSR count). The van der Waals surface area contributed by atoms with Gasteiger partial charge in [0.15, 0.2) is 0 Å². The number of anilines is 1. The lowest BCUT2D eigenvalue weighted by Crippen LogP contribution is -2.21. The van der Waals surface area contributed by atoms with Gasteiger partial charge in [-0.15, -0.1) is 0 Å². The monoisotopic (exact) mass is 231 g/mol. The summed E-state index contributed by atoms with van der Waals surface area (Å²) in [5, 5.41) is 3.52. The topological polar surface area (TPSA) is 28.2 Å². The second-order valence-electron chi connectivity index (χ2n) is 4.99. The van der Waals surface area contributed by atoms with Gasteiger partial charge in [-0.25, -0.2) is 4.98 Å². The summed E-state index contributed by atoms with van der Waals surface area (Å²) in [6.45, 7) is 7.76. The first-order valence-corrected chi connectivity index (χ1v) is 6.19. The molecule has 3 heteroatoms. The summed E-state index contributed by atoms with van der Waals surface area (Å²) >= 11 is 0. The SMILES string of the molecule is C=C(C)CN(C)c1cc(CNC2CC2)ccn1. The normalized spacial score (nSPS) is 14.7. The maximum Gasteiger partial charge on any atom is 0.128 e. The number of hydrogen-bond acceptors (Lipinski definition) is 3. The number of rotatable bonds is 6. The zero-order chi connectivity index (χ0) is 12.3. The largest absolute Gasteiger partial charge is 0.356 e. The Morgan fingerprint density at radius 1 is 1.59 bits per heavy atom. The molecule has 0 radical (unpaired) electrons. The fourth-order valence-corrected chi connectivity index (χ4v) is 1.81. The highest BCUT2D eigenvalue weighted by molar-refractivity contribution is 5.41. The third-order valence-corrected chi connectivity index (χ3v) is 2.88. The zero-order valence-electron chi connectivity index (χ0n) is 10.7. The number of hydrogen-bond donors (Lipinski definition) is 1. The standard InChI is InChI=1S/C14H21N3/c1-11(2)10-17(3)14-8-12(6-7-15-14)9-16-13-4-5-13/h6-8,13,16H,1,4-5,9-10H2,2-3H3. The number of nitrogens with one attached hydrogen (secondary N) is 1. The van der Waals surface area contributed by atoms with Crippen LogP contribution < -0.4 is 10.2 Å². The molecule has 1 saturated carbocycles. The lowest BCUT2D eigenvalue weighted by Gasteiger charge is -2.18. The minimum Gasteiger partial charge on any atom is -0.356 e. The molecule has 0 bridgehead atoms. The summed E-state index contributed by atoms with van der Waals surface area (Å²) in [5.41, 5.74) is 2.45. The van der Waals surface area contributed by atoms with Crippen LogP contribution in [0.25, 0.3) is 0 Å². The molecular formula is C14H21N3. The van der Waals surface area contributed by atoms with E-state index in [9.17, 15) is 0 Å². The van der Waals surface area contributed by atoms with Gasteiger partial charge in [0.1, 0.15) is 5.82 Å². The molecule has 0 amide bonds. The molecular weight excluding hydrogens is 210 g/mol. The van der Waals surface area contributed by atoms with Crippen LogP contribution in [0.5, 0.6) is 0 Å². The van der Waals surface area contributed by atoms with Gasteiger partial charge in [0.25, 0.3) is 0 Å². The Morgan fingerprint density at radius 2 is 2.35 bits per heavy atom. The van der Waals surface area contributed by atoms with Gasteiger partial charge in [0.05, 0.1) is 0 Å². The van der Waals surface area contributed by atoms with E-state index in [1.54, 1.807) is 0 Å². The van der Waals surface area contributed by atoms with Crippen molar-refractivity contribution in [3.05, 3.63) is 36.0 Å². The van der Waals surface area contributed by atoms with Gasteiger partial charge >= 0.3 is 0 Å². The predicted octanol–water partition coefficient (Wildman–Crippen LogP) is 2.35. The van der Waals surface area contributed by atoms with E-state index in [-0.39, 0.29) is 0 Å². The zero-order valence-corrected chi connectivity index (χ0v) is 10.7. The van der Waals surface area contributed by atoms with Crippen LogP contribution in [0.1, 0.15) is 25.3 Å². The van der Waals surface area contributed by atoms with Crippen molar-refractivity contribution >= 4 is 5.82 Å². The van der Waals surface area contributed by atoms with Crippen molar-refractivity contribution in [2.75, 3.05) is 18.5 Å². The van der Waals surface area contributed by atoms with Crippen molar-refractivity contribution in [1.29, 1.82) is 0 Å². The van der Waals surface area contributed by atoms with E-state index in [2.05, 4.69) is 41.0 Å². The first-order chi connectivity index (χ1) is 8.15. The van der Waals surface area contributed by atoms with Crippen LogP contribution >= 0.6 is 0 Å². The van der Waals surface area contributed by atoms with Gasteiger partial charge in [-0.2, -0.15) is 0 Å². The summed E-state index contributed by atoms with van der Waals surface area (Å²) in [4.78, 5) is 6.52. The van der Waals surface area contributed by atoms with E-state index in [0.717, 1.165) is 30.5 Å². The van der Waals surface area contributed by atoms with Crippen molar-refractivity contribution in [3.63, 3.8) is 0 Å². The van der Waals surface area contributed by atoms with Gasteiger partial charge in [0.2, 0.25) is 0 Å². The maximum absolute atomic E-state index is 4.39. The number of aromatic nitrogens is 1. The second kappa shape index (κ2) is 5.32. The van der Waals surface area contributed by atoms with Gasteiger partial charge in [-0.1, -0.05) is 12.2 Å². The van der Waals surface area contributed by atoms with E-state index < -0.39 is 0 Å². The molecule has 0 aromatic carbocycles. The lowest BCUT2D eigenvalue weighted by molar-refractivity contribution is 0.687. The van der Waals surface area contributed by atoms with Crippen molar-refractivity contribution in [3.8, 4) is 0 Å². The van der Waals surface area contributed by atoms with Crippen molar-refractivity contribution in [1.82, 2.24) is 10.3 Å². The Kier molecular flexibility index (Phi) is 3.79. The summed E-state index contributed by atoms with van der Waals surface area (Å²) < 4.78 is 0. The smallest absolute Gasteiger partial charge is 0.128 e. The maximum atomic E-state index is 4.39. The Balaban J connectivity index is 1.96. The first kappa shape index (κ1) is 12.1. The summed E-state index contributed by atoms with van der Waals surface area (Å²) in [6, 6.07) is 4.98. The molecule has 1 N–H and O–H groups in total. The number of pyridine rings is 1. The summed E-state index contributed by atoms with van der Waals surface area (Å²) in [7, 11) is 2.05. The molecule has 1 fully saturated rings. The van der Waals surface area contributed by atoms with E-state index >= 15 is 0 Å². The molecule has 3 nitrogen and oxygen atoms in total. The average molecular weight is 231 g/mol. The minimum absolute atomic E-state index is 0.750. The summed E-state index contributed by atoms with van der Waals surface area (Å²) in [6.07, 6.45) is 4.54. The van der Waals surface area contributed by atoms with Crippen LogP contribution in [-0.2, 0) is 6.54 Å². The third-order valence-electron chi connectivity index (χ3n) is 2.88. The third kappa shape index (κ3) is 3.86. The molecule has 0 saturated heterocycles. The van der Waals surface area contributed by atoms with E-state index in [1.165, 1.54) is 18.4 Å². The van der Waals surface area contributed by atoms with Gasteiger partial charge < -0.3 is 10.2 Å². The van der Waals surface area contributed by atoms with Gasteiger partial charge in [0, 0.05) is 32.4 Å². The van der Waals surface area contributed by atoms with Crippen LogP contribution in [0.15, 0.2) is 30.5 Å². The molecule has 0 unspecified atom stereocenters. The molecule has 1 aromatic heterocycles. The molecule has 92 valence electrons. The van der Waals surface area contributed by atoms with E-state index in [4.69, 9.17) is 0 Å². The fourth-order valence-electron chi connectivity index (χ4n) is 1.81. The quantitative estimate of drug-likeness (QED) is 0.762. The van der Waals surface area contributed by atoms with Gasteiger partial charge in [-0.3, -0.25) is 0 Å². The Morgan fingerprint density at radius 3 is 3.00 bits per heavy atom. The number of likely N-dealkylation sites (N-methyl/N-ethyl adjacent to an activating group) is 1. The Bertz CT molecular complexity index is 396. The highest BCUT2D eigenvalue weighted by atomic mass is 15.2. The van der Waals surface area contributed by atoms with Crippen molar-refractivity contribution in [2.45, 2.75) is 32.4 Å². The average Bonchev–Trinajstić information content (AvgIpc) is 3.10. The van der Waals surface area contributed by atoms with Crippen molar-refractivity contribution < 1.29 is 0 Å². The van der Waals surface area contributed by atoms with E-state index in [0.29, 0.717) is 0 Å². The van der Waals surface area contributed by atoms with Gasteiger partial charge in [-0.05, 0) is 37.5 Å². The van der Waals surface area contributed by atoms with Crippen LogP contribution in [0, 0.1) is 0 Å². The molecule has 1 aromatic rings. The second-order valence-corrected chi connectivity index (χ2v) is 4.99. The first-order valence-electron chi connectivity index (χ1n) is 6.19. The highest BCUT2D eigenvalue weighted by Crippen LogP contribution is 2.20. The molecule has 17 heavy (non-hydrogen) atoms. The minimum atomic E-state index is 0.750. The highest BCUT2D eigenvalue weighted by Gasteiger charge is 2.19. The molecule has 1 aliphatic rings. The predicted molar refractivity (Wildman–Crippen MR) is 72.2 cm³/mol. The van der Waals surface area contributed by atoms with Crippen LogP contribution in [0.4, 0.5) is 5.82 Å². The van der Waals surface area contributed by atoms with Crippen molar-refractivity contribution in [2.24, 2.45) is 0 Å². The molecule has 0 aliphatic heterocycles. The fraction of sp³-hybridized carbons (Fsp3) is 0.500. The van der Waals surface area contributed by atoms with Crippen LogP contribution in [0.2, 0.25) is 0 Å².